The monoisotopic (exact) mass is 300 g/mol. The highest BCUT2D eigenvalue weighted by molar-refractivity contribution is 6.68. The van der Waals surface area contributed by atoms with Crippen LogP contribution in [0.15, 0.2) is 6.07 Å². The number of rotatable bonds is 5. The standard InChI is InChI=1S/C11H13F5O2Si/c1-4-19(17-2,18-3)11(16)6-5-7(12)9(14)10(15)8(6)13/h5,11H,4H2,1-3H3. The van der Waals surface area contributed by atoms with Gasteiger partial charge < -0.3 is 8.85 Å². The summed E-state index contributed by atoms with van der Waals surface area (Å²) in [6.07, 6.45) is 0. The fraction of sp³-hybridized carbons (Fsp3) is 0.455. The zero-order valence-electron chi connectivity index (χ0n) is 10.6. The first kappa shape index (κ1) is 16.1. The van der Waals surface area contributed by atoms with Crippen LogP contribution in [0, 0.1) is 23.3 Å². The lowest BCUT2D eigenvalue weighted by atomic mass is 10.2. The van der Waals surface area contributed by atoms with Gasteiger partial charge in [0.15, 0.2) is 29.1 Å². The van der Waals surface area contributed by atoms with Crippen molar-refractivity contribution in [3.8, 4) is 0 Å². The first-order valence-electron chi connectivity index (χ1n) is 5.41. The summed E-state index contributed by atoms with van der Waals surface area (Å²) in [7, 11) is -1.19. The van der Waals surface area contributed by atoms with E-state index >= 15 is 0 Å². The molecule has 0 aliphatic carbocycles. The predicted octanol–water partition coefficient (Wildman–Crippen LogP) is 3.55. The third kappa shape index (κ3) is 2.65. The summed E-state index contributed by atoms with van der Waals surface area (Å²) < 4.78 is 76.7. The maximum atomic E-state index is 14.3. The van der Waals surface area contributed by atoms with Gasteiger partial charge in [0.1, 0.15) is 0 Å². The van der Waals surface area contributed by atoms with Crippen LogP contribution in [0.4, 0.5) is 22.0 Å². The molecule has 0 spiro atoms. The van der Waals surface area contributed by atoms with Gasteiger partial charge in [0.05, 0.1) is 0 Å². The van der Waals surface area contributed by atoms with Gasteiger partial charge in [0.2, 0.25) is 0 Å². The molecule has 19 heavy (non-hydrogen) atoms. The van der Waals surface area contributed by atoms with Gasteiger partial charge in [0, 0.05) is 19.8 Å². The van der Waals surface area contributed by atoms with Crippen LogP contribution in [0.25, 0.3) is 0 Å². The Morgan fingerprint density at radius 1 is 1.05 bits per heavy atom. The summed E-state index contributed by atoms with van der Waals surface area (Å²) in [5, 5.41) is 0. The molecule has 0 amide bonds. The van der Waals surface area contributed by atoms with Gasteiger partial charge >= 0.3 is 8.56 Å². The number of alkyl halides is 1. The van der Waals surface area contributed by atoms with E-state index in [2.05, 4.69) is 0 Å². The number of hydrogen-bond donors (Lipinski definition) is 0. The molecule has 0 bridgehead atoms. The van der Waals surface area contributed by atoms with Gasteiger partial charge in [-0.2, -0.15) is 0 Å². The summed E-state index contributed by atoms with van der Waals surface area (Å²) in [5.74, 6) is -9.65. The fourth-order valence-corrected chi connectivity index (χ4v) is 3.97. The molecule has 0 heterocycles. The normalized spacial score (nSPS) is 13.7. The van der Waals surface area contributed by atoms with Crippen LogP contribution >= 0.6 is 0 Å². The third-order valence-corrected chi connectivity index (χ3v) is 6.42. The lowest BCUT2D eigenvalue weighted by Crippen LogP contribution is -2.45. The molecule has 1 aromatic rings. The first-order valence-corrected chi connectivity index (χ1v) is 7.52. The highest BCUT2D eigenvalue weighted by Crippen LogP contribution is 2.35. The lowest BCUT2D eigenvalue weighted by Gasteiger charge is -2.29. The molecular formula is C11H13F5O2Si. The minimum atomic E-state index is -3.52. The molecule has 8 heteroatoms. The summed E-state index contributed by atoms with van der Waals surface area (Å²) in [6, 6.07) is 0.370. The highest BCUT2D eigenvalue weighted by atomic mass is 28.4. The van der Waals surface area contributed by atoms with Crippen molar-refractivity contribution < 1.29 is 30.8 Å². The number of hydrogen-bond acceptors (Lipinski definition) is 2. The van der Waals surface area contributed by atoms with Gasteiger partial charge in [0.25, 0.3) is 0 Å². The van der Waals surface area contributed by atoms with Crippen LogP contribution in [0.2, 0.25) is 6.04 Å². The molecule has 0 N–H and O–H groups in total. The summed E-state index contributed by atoms with van der Waals surface area (Å²) in [6.45, 7) is 1.54. The molecular weight excluding hydrogens is 287 g/mol. The molecule has 0 aliphatic heterocycles. The molecule has 0 saturated heterocycles. The minimum Gasteiger partial charge on any atom is -0.396 e. The molecule has 108 valence electrons. The van der Waals surface area contributed by atoms with E-state index in [0.717, 1.165) is 0 Å². The van der Waals surface area contributed by atoms with Crippen LogP contribution in [-0.4, -0.2) is 22.8 Å². The van der Waals surface area contributed by atoms with Crippen LogP contribution in [0.3, 0.4) is 0 Å². The molecule has 2 nitrogen and oxygen atoms in total. The lowest BCUT2D eigenvalue weighted by molar-refractivity contribution is 0.193. The maximum absolute atomic E-state index is 14.3. The quantitative estimate of drug-likeness (QED) is 0.358. The Kier molecular flexibility index (Phi) is 5.05. The van der Waals surface area contributed by atoms with Crippen molar-refractivity contribution in [1.29, 1.82) is 0 Å². The van der Waals surface area contributed by atoms with Crippen molar-refractivity contribution in [3.05, 3.63) is 34.9 Å². The van der Waals surface area contributed by atoms with Gasteiger partial charge in [-0.05, 0) is 12.1 Å². The van der Waals surface area contributed by atoms with Crippen LogP contribution in [0.1, 0.15) is 18.3 Å². The molecule has 0 aromatic heterocycles. The maximum Gasteiger partial charge on any atom is 0.377 e. The third-order valence-electron chi connectivity index (χ3n) is 2.97. The second kappa shape index (κ2) is 5.97. The zero-order valence-corrected chi connectivity index (χ0v) is 11.6. The van der Waals surface area contributed by atoms with Crippen molar-refractivity contribution in [2.75, 3.05) is 14.2 Å². The van der Waals surface area contributed by atoms with Crippen molar-refractivity contribution in [2.45, 2.75) is 18.8 Å². The predicted molar refractivity (Wildman–Crippen MR) is 60.4 cm³/mol. The number of halogens is 5. The Labute approximate surface area is 108 Å². The molecule has 1 unspecified atom stereocenters. The van der Waals surface area contributed by atoms with E-state index in [9.17, 15) is 22.0 Å². The van der Waals surface area contributed by atoms with Crippen LogP contribution < -0.4 is 0 Å². The van der Waals surface area contributed by atoms with Crippen LogP contribution in [-0.2, 0) is 8.85 Å². The molecule has 0 aliphatic rings. The van der Waals surface area contributed by atoms with Crippen molar-refractivity contribution in [3.63, 3.8) is 0 Å². The van der Waals surface area contributed by atoms with Crippen LogP contribution in [0.5, 0.6) is 0 Å². The largest absolute Gasteiger partial charge is 0.396 e. The average molecular weight is 300 g/mol. The van der Waals surface area contributed by atoms with Gasteiger partial charge in [-0.3, -0.25) is 0 Å². The van der Waals surface area contributed by atoms with Crippen molar-refractivity contribution in [2.24, 2.45) is 0 Å². The number of benzene rings is 1. The Morgan fingerprint density at radius 3 is 2.00 bits per heavy atom. The van der Waals surface area contributed by atoms with E-state index < -0.39 is 43.2 Å². The highest BCUT2D eigenvalue weighted by Gasteiger charge is 2.47. The van der Waals surface area contributed by atoms with Crippen molar-refractivity contribution in [1.82, 2.24) is 0 Å². The van der Waals surface area contributed by atoms with Gasteiger partial charge in [-0.15, -0.1) is 0 Å². The zero-order chi connectivity index (χ0) is 14.8. The Bertz CT molecular complexity index is 457. The smallest absolute Gasteiger partial charge is 0.377 e. The molecule has 1 atom stereocenters. The molecule has 0 saturated carbocycles. The summed E-state index contributed by atoms with van der Waals surface area (Å²) in [4.78, 5) is 0. The summed E-state index contributed by atoms with van der Waals surface area (Å²) >= 11 is 0. The topological polar surface area (TPSA) is 18.5 Å². The Morgan fingerprint density at radius 2 is 1.58 bits per heavy atom. The molecule has 1 rings (SSSR count). The van der Waals surface area contributed by atoms with E-state index in [1.807, 2.05) is 0 Å². The van der Waals surface area contributed by atoms with E-state index in [1.165, 1.54) is 14.2 Å². The molecule has 0 fully saturated rings. The van der Waals surface area contributed by atoms with Gasteiger partial charge in [-0.1, -0.05) is 6.92 Å². The molecule has 1 aromatic carbocycles. The minimum absolute atomic E-state index is 0.0845. The van der Waals surface area contributed by atoms with E-state index in [1.54, 1.807) is 6.92 Å². The summed E-state index contributed by atoms with van der Waals surface area (Å²) in [5.41, 5.74) is -0.936. The van der Waals surface area contributed by atoms with Crippen molar-refractivity contribution >= 4 is 8.56 Å². The van der Waals surface area contributed by atoms with E-state index in [0.29, 0.717) is 0 Å². The Hall–Kier alpha value is -0.993. The van der Waals surface area contributed by atoms with E-state index in [4.69, 9.17) is 8.85 Å². The SMILES string of the molecule is CC[Si](OC)(OC)C(F)c1cc(F)c(F)c(F)c1F. The van der Waals surface area contributed by atoms with E-state index in [-0.39, 0.29) is 12.1 Å². The average Bonchev–Trinajstić information content (AvgIpc) is 2.43. The Balaban J connectivity index is 3.38. The molecule has 0 radical (unpaired) electrons. The fourth-order valence-electron chi connectivity index (χ4n) is 1.77. The van der Waals surface area contributed by atoms with Gasteiger partial charge in [-0.25, -0.2) is 22.0 Å². The second-order valence-corrected chi connectivity index (χ2v) is 7.48. The second-order valence-electron chi connectivity index (χ2n) is 3.83. The first-order chi connectivity index (χ1) is 8.84.